The second-order valence-electron chi connectivity index (χ2n) is 4.45. The van der Waals surface area contributed by atoms with Gasteiger partial charge in [0.05, 0.1) is 12.5 Å². The fourth-order valence-electron chi connectivity index (χ4n) is 1.97. The van der Waals surface area contributed by atoms with Gasteiger partial charge in [0.25, 0.3) is 15.9 Å². The van der Waals surface area contributed by atoms with E-state index in [1.165, 1.54) is 0 Å². The Kier molecular flexibility index (Phi) is 3.78. The summed E-state index contributed by atoms with van der Waals surface area (Å²) in [6.07, 6.45) is -0.896. The van der Waals surface area contributed by atoms with E-state index >= 15 is 0 Å². The molecule has 1 fully saturated rings. The molecule has 1 saturated heterocycles. The second kappa shape index (κ2) is 4.97. The molecule has 1 aromatic rings. The van der Waals surface area contributed by atoms with Gasteiger partial charge in [-0.05, 0) is 23.7 Å². The molecule has 0 amide bonds. The first kappa shape index (κ1) is 15.2. The minimum absolute atomic E-state index is 0.206. The van der Waals surface area contributed by atoms with E-state index in [2.05, 4.69) is 0 Å². The van der Waals surface area contributed by atoms with Crippen LogP contribution in [-0.4, -0.2) is 42.8 Å². The first-order chi connectivity index (χ1) is 9.12. The Labute approximate surface area is 118 Å². The molecule has 0 radical (unpaired) electrons. The van der Waals surface area contributed by atoms with Crippen LogP contribution in [-0.2, 0) is 14.8 Å². The van der Waals surface area contributed by atoms with E-state index in [1.807, 2.05) is 0 Å². The lowest BCUT2D eigenvalue weighted by atomic mass is 9.97. The molecular weight excluding hydrogens is 320 g/mol. The third-order valence-corrected chi connectivity index (χ3v) is 4.76. The van der Waals surface area contributed by atoms with Gasteiger partial charge in [0.15, 0.2) is 5.22 Å². The summed E-state index contributed by atoms with van der Waals surface area (Å²) in [5, 5.41) is 8.03. The van der Waals surface area contributed by atoms with Gasteiger partial charge in [-0.2, -0.15) is 4.31 Å². The smallest absolute Gasteiger partial charge is 0.308 e. The summed E-state index contributed by atoms with van der Waals surface area (Å²) in [6, 6.07) is 2.19. The van der Waals surface area contributed by atoms with Gasteiger partial charge < -0.3 is 9.52 Å². The van der Waals surface area contributed by atoms with E-state index in [4.69, 9.17) is 21.1 Å². The fourth-order valence-corrected chi connectivity index (χ4v) is 3.59. The average Bonchev–Trinajstić information content (AvgIpc) is 2.74. The number of furan rings is 1. The van der Waals surface area contributed by atoms with Crippen LogP contribution in [0.2, 0.25) is 5.22 Å². The molecule has 20 heavy (non-hydrogen) atoms. The van der Waals surface area contributed by atoms with Crippen LogP contribution in [0.1, 0.15) is 6.42 Å². The van der Waals surface area contributed by atoms with Crippen LogP contribution in [0, 0.1) is 5.92 Å². The highest BCUT2D eigenvalue weighted by atomic mass is 35.5. The molecule has 6 nitrogen and oxygen atoms in total. The van der Waals surface area contributed by atoms with Gasteiger partial charge in [0, 0.05) is 13.0 Å². The standard InChI is InChI=1S/C10H10ClF2NO5S/c11-7-1-2-8(19-7)20(17,18)14-4-6(9(15)16)3-10(12,13)5-14/h1-2,6H,3-5H2,(H,15,16). The highest BCUT2D eigenvalue weighted by Crippen LogP contribution is 2.34. The molecule has 1 atom stereocenters. The highest BCUT2D eigenvalue weighted by molar-refractivity contribution is 7.89. The first-order valence-corrected chi connectivity index (χ1v) is 7.30. The lowest BCUT2D eigenvalue weighted by Crippen LogP contribution is -2.51. The van der Waals surface area contributed by atoms with Crippen LogP contribution in [0.5, 0.6) is 0 Å². The summed E-state index contributed by atoms with van der Waals surface area (Å²) < 4.78 is 56.3. The van der Waals surface area contributed by atoms with Gasteiger partial charge in [0.2, 0.25) is 5.09 Å². The van der Waals surface area contributed by atoms with E-state index in [0.29, 0.717) is 4.31 Å². The highest BCUT2D eigenvalue weighted by Gasteiger charge is 2.47. The monoisotopic (exact) mass is 329 g/mol. The van der Waals surface area contributed by atoms with Gasteiger partial charge in [-0.15, -0.1) is 0 Å². The van der Waals surface area contributed by atoms with E-state index in [0.717, 1.165) is 12.1 Å². The number of nitrogens with zero attached hydrogens (tertiary/aromatic N) is 1. The van der Waals surface area contributed by atoms with E-state index in [9.17, 15) is 22.0 Å². The summed E-state index contributed by atoms with van der Waals surface area (Å²) in [7, 11) is -4.34. The Bertz CT molecular complexity index is 629. The molecule has 0 saturated carbocycles. The van der Waals surface area contributed by atoms with Crippen LogP contribution in [0.25, 0.3) is 0 Å². The molecule has 1 N–H and O–H groups in total. The quantitative estimate of drug-likeness (QED) is 0.911. The van der Waals surface area contributed by atoms with Gasteiger partial charge in [-0.3, -0.25) is 4.79 Å². The van der Waals surface area contributed by atoms with Crippen LogP contribution in [0.15, 0.2) is 21.6 Å². The summed E-state index contributed by atoms with van der Waals surface area (Å²) in [5.74, 6) is -6.36. The molecule has 112 valence electrons. The molecular formula is C10H10ClF2NO5S. The Morgan fingerprint density at radius 1 is 1.50 bits per heavy atom. The Morgan fingerprint density at radius 3 is 2.65 bits per heavy atom. The van der Waals surface area contributed by atoms with Crippen molar-refractivity contribution >= 4 is 27.6 Å². The molecule has 0 spiro atoms. The first-order valence-electron chi connectivity index (χ1n) is 5.48. The van der Waals surface area contributed by atoms with Crippen LogP contribution in [0.3, 0.4) is 0 Å². The Hall–Kier alpha value is -1.19. The summed E-state index contributed by atoms with van der Waals surface area (Å²) >= 11 is 5.45. The number of sulfonamides is 1. The van der Waals surface area contributed by atoms with E-state index in [1.54, 1.807) is 0 Å². The largest absolute Gasteiger partial charge is 0.481 e. The van der Waals surface area contributed by atoms with Crippen molar-refractivity contribution < 1.29 is 31.5 Å². The minimum Gasteiger partial charge on any atom is -0.481 e. The molecule has 0 aromatic carbocycles. The molecule has 10 heteroatoms. The zero-order valence-corrected chi connectivity index (χ0v) is 11.5. The number of carboxylic acid groups (broad SMARTS) is 1. The fraction of sp³-hybridized carbons (Fsp3) is 0.500. The molecule has 2 rings (SSSR count). The van der Waals surface area contributed by atoms with Gasteiger partial charge >= 0.3 is 5.97 Å². The van der Waals surface area contributed by atoms with Crippen molar-refractivity contribution in [1.29, 1.82) is 0 Å². The number of piperidine rings is 1. The van der Waals surface area contributed by atoms with Gasteiger partial charge in [-0.25, -0.2) is 17.2 Å². The summed E-state index contributed by atoms with van der Waals surface area (Å²) in [5.41, 5.74) is 0. The molecule has 1 aromatic heterocycles. The number of hydrogen-bond acceptors (Lipinski definition) is 4. The molecule has 2 heterocycles. The Morgan fingerprint density at radius 2 is 2.15 bits per heavy atom. The normalized spacial score (nSPS) is 23.6. The maximum Gasteiger partial charge on any atom is 0.308 e. The molecule has 1 aliphatic rings. The van der Waals surface area contributed by atoms with Crippen molar-refractivity contribution in [2.75, 3.05) is 13.1 Å². The van der Waals surface area contributed by atoms with Crippen LogP contribution < -0.4 is 0 Å². The van der Waals surface area contributed by atoms with Crippen LogP contribution in [0.4, 0.5) is 8.78 Å². The third kappa shape index (κ3) is 2.94. The lowest BCUT2D eigenvalue weighted by Gasteiger charge is -2.34. The lowest BCUT2D eigenvalue weighted by molar-refractivity contribution is -0.150. The van der Waals surface area contributed by atoms with Crippen molar-refractivity contribution in [2.45, 2.75) is 17.4 Å². The van der Waals surface area contributed by atoms with E-state index in [-0.39, 0.29) is 5.22 Å². The van der Waals surface area contributed by atoms with E-state index < -0.39 is 52.4 Å². The minimum atomic E-state index is -4.34. The molecule has 1 unspecified atom stereocenters. The number of hydrogen-bond donors (Lipinski definition) is 1. The van der Waals surface area contributed by atoms with Gasteiger partial charge in [-0.1, -0.05) is 0 Å². The number of rotatable bonds is 3. The molecule has 1 aliphatic heterocycles. The zero-order chi connectivity index (χ0) is 15.1. The predicted octanol–water partition coefficient (Wildman–Crippen LogP) is 1.66. The van der Waals surface area contributed by atoms with Crippen molar-refractivity contribution in [1.82, 2.24) is 4.31 Å². The molecule has 0 aliphatic carbocycles. The molecule has 0 bridgehead atoms. The number of halogens is 3. The van der Waals surface area contributed by atoms with Crippen molar-refractivity contribution in [3.05, 3.63) is 17.4 Å². The predicted molar refractivity (Wildman–Crippen MR) is 63.2 cm³/mol. The summed E-state index contributed by atoms with van der Waals surface area (Å²) in [6.45, 7) is -1.62. The summed E-state index contributed by atoms with van der Waals surface area (Å²) in [4.78, 5) is 10.9. The zero-order valence-electron chi connectivity index (χ0n) is 9.92. The van der Waals surface area contributed by atoms with Crippen molar-refractivity contribution in [3.63, 3.8) is 0 Å². The SMILES string of the molecule is O=C(O)C1CN(S(=O)(=O)c2ccc(Cl)o2)CC(F)(F)C1. The second-order valence-corrected chi connectivity index (χ2v) is 6.69. The maximum atomic E-state index is 13.5. The van der Waals surface area contributed by atoms with Crippen LogP contribution >= 0.6 is 11.6 Å². The third-order valence-electron chi connectivity index (χ3n) is 2.87. The number of carbonyl (C=O) groups is 1. The topological polar surface area (TPSA) is 87.8 Å². The maximum absolute atomic E-state index is 13.5. The number of alkyl halides is 2. The van der Waals surface area contributed by atoms with Gasteiger partial charge in [0.1, 0.15) is 0 Å². The Balaban J connectivity index is 2.33. The number of carboxylic acids is 1. The van der Waals surface area contributed by atoms with Crippen molar-refractivity contribution in [3.8, 4) is 0 Å². The average molecular weight is 330 g/mol. The number of aliphatic carboxylic acids is 1. The van der Waals surface area contributed by atoms with Crippen molar-refractivity contribution in [2.24, 2.45) is 5.92 Å².